The highest BCUT2D eigenvalue weighted by atomic mass is 16.3. The van der Waals surface area contributed by atoms with Gasteiger partial charge in [0.25, 0.3) is 0 Å². The standard InChI is InChI=1S/C17H29NO/c1-2-15-8-7-12-17(19,13-9-15)16(14-18)10-5-3-4-6-11-16/h15,19H,2-13H2,1H3. The average Bonchev–Trinajstić information content (AvgIpc) is 2.78. The maximum Gasteiger partial charge on any atom is 0.0860 e. The van der Waals surface area contributed by atoms with Crippen molar-refractivity contribution in [1.82, 2.24) is 0 Å². The van der Waals surface area contributed by atoms with Crippen molar-refractivity contribution in [3.63, 3.8) is 0 Å². The zero-order chi connectivity index (χ0) is 13.8. The summed E-state index contributed by atoms with van der Waals surface area (Å²) in [6, 6.07) is 2.58. The molecule has 0 saturated heterocycles. The van der Waals surface area contributed by atoms with Crippen LogP contribution in [0.5, 0.6) is 0 Å². The van der Waals surface area contributed by atoms with Gasteiger partial charge in [-0.1, -0.05) is 51.9 Å². The van der Waals surface area contributed by atoms with Gasteiger partial charge in [-0.3, -0.25) is 0 Å². The minimum Gasteiger partial charge on any atom is -0.388 e. The number of aliphatic hydroxyl groups is 1. The summed E-state index contributed by atoms with van der Waals surface area (Å²) in [6.07, 6.45) is 12.9. The summed E-state index contributed by atoms with van der Waals surface area (Å²) in [6.45, 7) is 2.25. The van der Waals surface area contributed by atoms with Gasteiger partial charge in [0.15, 0.2) is 0 Å². The lowest BCUT2D eigenvalue weighted by Crippen LogP contribution is -2.47. The summed E-state index contributed by atoms with van der Waals surface area (Å²) in [5.74, 6) is 0.760. The molecule has 2 saturated carbocycles. The molecule has 1 N–H and O–H groups in total. The highest BCUT2D eigenvalue weighted by Gasteiger charge is 2.50. The molecule has 2 unspecified atom stereocenters. The Balaban J connectivity index is 2.17. The molecule has 0 spiro atoms. The Morgan fingerprint density at radius 2 is 1.68 bits per heavy atom. The van der Waals surface area contributed by atoms with E-state index in [-0.39, 0.29) is 0 Å². The van der Waals surface area contributed by atoms with Gasteiger partial charge < -0.3 is 5.11 Å². The normalized spacial score (nSPS) is 35.9. The molecule has 0 aromatic rings. The molecule has 0 aromatic heterocycles. The number of hydrogen-bond acceptors (Lipinski definition) is 2. The third-order valence-corrected chi connectivity index (χ3v) is 5.81. The van der Waals surface area contributed by atoms with E-state index in [2.05, 4.69) is 13.0 Å². The van der Waals surface area contributed by atoms with Crippen LogP contribution in [-0.2, 0) is 0 Å². The Morgan fingerprint density at radius 1 is 1.00 bits per heavy atom. The first kappa shape index (κ1) is 14.9. The Bertz CT molecular complexity index is 325. The summed E-state index contributed by atoms with van der Waals surface area (Å²) in [4.78, 5) is 0. The van der Waals surface area contributed by atoms with Crippen molar-refractivity contribution in [2.75, 3.05) is 0 Å². The van der Waals surface area contributed by atoms with Crippen LogP contribution in [-0.4, -0.2) is 10.7 Å². The van der Waals surface area contributed by atoms with Crippen LogP contribution in [0.1, 0.15) is 84.0 Å². The largest absolute Gasteiger partial charge is 0.388 e. The zero-order valence-corrected chi connectivity index (χ0v) is 12.5. The lowest BCUT2D eigenvalue weighted by molar-refractivity contribution is -0.0753. The van der Waals surface area contributed by atoms with Crippen LogP contribution >= 0.6 is 0 Å². The van der Waals surface area contributed by atoms with E-state index < -0.39 is 11.0 Å². The number of nitriles is 1. The van der Waals surface area contributed by atoms with Crippen LogP contribution in [0.25, 0.3) is 0 Å². The average molecular weight is 263 g/mol. The maximum absolute atomic E-state index is 11.2. The highest BCUT2D eigenvalue weighted by molar-refractivity contribution is 5.12. The van der Waals surface area contributed by atoms with Gasteiger partial charge in [-0.25, -0.2) is 0 Å². The second-order valence-corrected chi connectivity index (χ2v) is 6.84. The molecule has 108 valence electrons. The molecule has 2 rings (SSSR count). The van der Waals surface area contributed by atoms with E-state index in [1.807, 2.05) is 0 Å². The second-order valence-electron chi connectivity index (χ2n) is 6.84. The first-order valence-electron chi connectivity index (χ1n) is 8.29. The maximum atomic E-state index is 11.2. The number of hydrogen-bond donors (Lipinski definition) is 1. The van der Waals surface area contributed by atoms with Crippen LogP contribution in [0.4, 0.5) is 0 Å². The van der Waals surface area contributed by atoms with Crippen molar-refractivity contribution in [2.45, 2.75) is 89.6 Å². The van der Waals surface area contributed by atoms with E-state index in [9.17, 15) is 10.4 Å². The van der Waals surface area contributed by atoms with Crippen molar-refractivity contribution in [3.8, 4) is 6.07 Å². The predicted molar refractivity (Wildman–Crippen MR) is 77.6 cm³/mol. The molecule has 2 aliphatic carbocycles. The first-order chi connectivity index (χ1) is 9.16. The molecule has 0 amide bonds. The number of rotatable bonds is 2. The SMILES string of the molecule is CCC1CCCC(O)(C2(C#N)CCCCCC2)CC1. The third-order valence-electron chi connectivity index (χ3n) is 5.81. The smallest absolute Gasteiger partial charge is 0.0860 e. The second kappa shape index (κ2) is 6.27. The topological polar surface area (TPSA) is 44.0 Å². The minimum atomic E-state index is -0.712. The summed E-state index contributed by atoms with van der Waals surface area (Å²) in [7, 11) is 0. The van der Waals surface area contributed by atoms with E-state index in [0.717, 1.165) is 57.3 Å². The summed E-state index contributed by atoms with van der Waals surface area (Å²) >= 11 is 0. The third kappa shape index (κ3) is 2.97. The van der Waals surface area contributed by atoms with Crippen LogP contribution in [0, 0.1) is 22.7 Å². The molecule has 0 aromatic carbocycles. The molecule has 2 heteroatoms. The molecule has 0 aliphatic heterocycles. The molecule has 0 heterocycles. The van der Waals surface area contributed by atoms with Gasteiger partial charge in [-0.05, 0) is 38.0 Å². The van der Waals surface area contributed by atoms with E-state index in [1.54, 1.807) is 0 Å². The predicted octanol–water partition coefficient (Wildman–Crippen LogP) is 4.57. The van der Waals surface area contributed by atoms with Crippen molar-refractivity contribution < 1.29 is 5.11 Å². The Morgan fingerprint density at radius 3 is 2.26 bits per heavy atom. The molecule has 2 atom stereocenters. The molecule has 2 aliphatic rings. The molecule has 2 nitrogen and oxygen atoms in total. The molecule has 19 heavy (non-hydrogen) atoms. The monoisotopic (exact) mass is 263 g/mol. The summed E-state index contributed by atoms with van der Waals surface area (Å²) < 4.78 is 0. The van der Waals surface area contributed by atoms with E-state index in [1.165, 1.54) is 25.7 Å². The fraction of sp³-hybridized carbons (Fsp3) is 0.941. The molecule has 0 bridgehead atoms. The fourth-order valence-corrected chi connectivity index (χ4v) is 4.30. The molecular formula is C17H29NO. The van der Waals surface area contributed by atoms with Gasteiger partial charge in [0.1, 0.15) is 0 Å². The molecular weight excluding hydrogens is 234 g/mol. The number of nitrogens with zero attached hydrogens (tertiary/aromatic N) is 1. The highest BCUT2D eigenvalue weighted by Crippen LogP contribution is 2.50. The Kier molecular flexibility index (Phi) is 4.90. The summed E-state index contributed by atoms with van der Waals surface area (Å²) in [5, 5.41) is 21.0. The Hall–Kier alpha value is -0.550. The van der Waals surface area contributed by atoms with Crippen molar-refractivity contribution in [2.24, 2.45) is 11.3 Å². The lowest BCUT2D eigenvalue weighted by Gasteiger charge is -2.42. The van der Waals surface area contributed by atoms with Gasteiger partial charge in [0.2, 0.25) is 0 Å². The van der Waals surface area contributed by atoms with Crippen LogP contribution < -0.4 is 0 Å². The van der Waals surface area contributed by atoms with E-state index in [0.29, 0.717) is 0 Å². The van der Waals surface area contributed by atoms with Gasteiger partial charge in [0, 0.05) is 0 Å². The zero-order valence-electron chi connectivity index (χ0n) is 12.5. The Labute approximate surface area is 118 Å². The van der Waals surface area contributed by atoms with Gasteiger partial charge >= 0.3 is 0 Å². The van der Waals surface area contributed by atoms with Crippen molar-refractivity contribution in [3.05, 3.63) is 0 Å². The fourth-order valence-electron chi connectivity index (χ4n) is 4.30. The summed E-state index contributed by atoms with van der Waals surface area (Å²) in [5.41, 5.74) is -1.16. The van der Waals surface area contributed by atoms with Crippen molar-refractivity contribution >= 4 is 0 Å². The van der Waals surface area contributed by atoms with Crippen molar-refractivity contribution in [1.29, 1.82) is 5.26 Å². The van der Waals surface area contributed by atoms with E-state index in [4.69, 9.17) is 0 Å². The molecule has 2 fully saturated rings. The van der Waals surface area contributed by atoms with Crippen LogP contribution in [0.15, 0.2) is 0 Å². The van der Waals surface area contributed by atoms with Gasteiger partial charge in [-0.2, -0.15) is 5.26 Å². The van der Waals surface area contributed by atoms with Gasteiger partial charge in [0.05, 0.1) is 17.1 Å². The van der Waals surface area contributed by atoms with E-state index >= 15 is 0 Å². The quantitative estimate of drug-likeness (QED) is 0.741. The van der Waals surface area contributed by atoms with Crippen LogP contribution in [0.3, 0.4) is 0 Å². The van der Waals surface area contributed by atoms with Crippen LogP contribution in [0.2, 0.25) is 0 Å². The molecule has 0 radical (unpaired) electrons. The lowest BCUT2D eigenvalue weighted by atomic mass is 9.64. The minimum absolute atomic E-state index is 0.452. The van der Waals surface area contributed by atoms with Gasteiger partial charge in [-0.15, -0.1) is 0 Å². The first-order valence-corrected chi connectivity index (χ1v) is 8.29.